The van der Waals surface area contributed by atoms with Gasteiger partial charge in [0.05, 0.1) is 6.26 Å². The van der Waals surface area contributed by atoms with Gasteiger partial charge in [0, 0.05) is 10.7 Å². The minimum atomic E-state index is -4.10. The quantitative estimate of drug-likeness (QED) is 0.854. The number of nitrogens with zero attached hydrogens (tertiary/aromatic N) is 1. The zero-order valence-electron chi connectivity index (χ0n) is 13.4. The molecular weight excluding hydrogens is 374 g/mol. The molecular formula is C16H15ClF2N2O3S. The number of rotatable bonds is 5. The van der Waals surface area contributed by atoms with E-state index in [4.69, 9.17) is 11.6 Å². The maximum Gasteiger partial charge on any atom is 0.245 e. The zero-order valence-corrected chi connectivity index (χ0v) is 15.0. The monoisotopic (exact) mass is 388 g/mol. The van der Waals surface area contributed by atoms with Gasteiger partial charge in [0.25, 0.3) is 0 Å². The molecule has 134 valence electrons. The Morgan fingerprint density at radius 2 is 1.80 bits per heavy atom. The van der Waals surface area contributed by atoms with Crippen LogP contribution < -0.4 is 9.62 Å². The van der Waals surface area contributed by atoms with Gasteiger partial charge in [-0.25, -0.2) is 17.2 Å². The number of aryl methyl sites for hydroxylation is 1. The van der Waals surface area contributed by atoms with Crippen LogP contribution in [0.1, 0.15) is 5.56 Å². The number of hydrogen-bond donors (Lipinski definition) is 1. The summed E-state index contributed by atoms with van der Waals surface area (Å²) in [5.41, 5.74) is 0.267. The van der Waals surface area contributed by atoms with E-state index in [-0.39, 0.29) is 0 Å². The Bertz CT molecular complexity index is 899. The van der Waals surface area contributed by atoms with E-state index in [1.54, 1.807) is 19.1 Å². The molecule has 0 spiro atoms. The molecule has 1 amide bonds. The summed E-state index contributed by atoms with van der Waals surface area (Å²) < 4.78 is 52.1. The molecule has 0 aliphatic rings. The van der Waals surface area contributed by atoms with Crippen molar-refractivity contribution < 1.29 is 22.0 Å². The SMILES string of the molecule is Cc1ccc(Cl)cc1NC(=O)CN(c1c(F)cccc1F)S(C)(=O)=O. The maximum atomic E-state index is 13.9. The minimum absolute atomic E-state index is 0.375. The Balaban J connectivity index is 2.32. The first-order chi connectivity index (χ1) is 11.6. The molecule has 9 heteroatoms. The molecule has 2 aromatic rings. The molecule has 0 aliphatic carbocycles. The summed E-state index contributed by atoms with van der Waals surface area (Å²) in [7, 11) is -4.10. The molecule has 0 fully saturated rings. The summed E-state index contributed by atoms with van der Waals surface area (Å²) >= 11 is 5.86. The highest BCUT2D eigenvalue weighted by Crippen LogP contribution is 2.26. The van der Waals surface area contributed by atoms with Crippen LogP contribution in [0.2, 0.25) is 5.02 Å². The summed E-state index contributed by atoms with van der Waals surface area (Å²) in [6, 6.07) is 7.71. The van der Waals surface area contributed by atoms with E-state index in [0.717, 1.165) is 24.5 Å². The number of sulfonamides is 1. The zero-order chi connectivity index (χ0) is 18.8. The van der Waals surface area contributed by atoms with Crippen molar-refractivity contribution in [3.63, 3.8) is 0 Å². The van der Waals surface area contributed by atoms with E-state index in [1.165, 1.54) is 6.07 Å². The van der Waals surface area contributed by atoms with Gasteiger partial charge in [0.15, 0.2) is 11.6 Å². The highest BCUT2D eigenvalue weighted by molar-refractivity contribution is 7.92. The number of anilines is 2. The Kier molecular flexibility index (Phi) is 5.64. The highest BCUT2D eigenvalue weighted by atomic mass is 35.5. The third-order valence-electron chi connectivity index (χ3n) is 3.35. The Hall–Kier alpha value is -2.19. The Labute approximate surface area is 149 Å². The molecule has 0 aliphatic heterocycles. The average molecular weight is 389 g/mol. The van der Waals surface area contributed by atoms with Gasteiger partial charge in [-0.05, 0) is 36.8 Å². The van der Waals surface area contributed by atoms with Gasteiger partial charge < -0.3 is 5.32 Å². The van der Waals surface area contributed by atoms with Crippen LogP contribution in [0.15, 0.2) is 36.4 Å². The molecule has 0 atom stereocenters. The van der Waals surface area contributed by atoms with Crippen LogP contribution in [0.4, 0.5) is 20.2 Å². The van der Waals surface area contributed by atoms with Gasteiger partial charge in [0.2, 0.25) is 15.9 Å². The second kappa shape index (κ2) is 7.37. The average Bonchev–Trinajstić information content (AvgIpc) is 2.48. The minimum Gasteiger partial charge on any atom is -0.324 e. The van der Waals surface area contributed by atoms with E-state index < -0.39 is 39.8 Å². The van der Waals surface area contributed by atoms with E-state index in [0.29, 0.717) is 20.6 Å². The van der Waals surface area contributed by atoms with Crippen molar-refractivity contribution in [2.75, 3.05) is 22.4 Å². The first kappa shape index (κ1) is 19.1. The third-order valence-corrected chi connectivity index (χ3v) is 4.70. The summed E-state index contributed by atoms with van der Waals surface area (Å²) in [4.78, 5) is 12.2. The van der Waals surface area contributed by atoms with Crippen LogP contribution >= 0.6 is 11.6 Å². The molecule has 0 saturated heterocycles. The van der Waals surface area contributed by atoms with Crippen molar-refractivity contribution in [1.82, 2.24) is 0 Å². The lowest BCUT2D eigenvalue weighted by molar-refractivity contribution is -0.114. The number of amides is 1. The van der Waals surface area contributed by atoms with Gasteiger partial charge in [0.1, 0.15) is 12.2 Å². The standard InChI is InChI=1S/C16H15ClF2N2O3S/c1-10-6-7-11(17)8-14(10)20-15(22)9-21(25(2,23)24)16-12(18)4-3-5-13(16)19/h3-8H,9H2,1-2H3,(H,20,22). The molecule has 5 nitrogen and oxygen atoms in total. The van der Waals surface area contributed by atoms with Gasteiger partial charge in [-0.3, -0.25) is 9.10 Å². The molecule has 2 aromatic carbocycles. The molecule has 0 bridgehead atoms. The lowest BCUT2D eigenvalue weighted by Gasteiger charge is -2.23. The summed E-state index contributed by atoms with van der Waals surface area (Å²) in [5, 5.41) is 2.86. The number of para-hydroxylation sites is 1. The lowest BCUT2D eigenvalue weighted by Crippen LogP contribution is -2.38. The number of carbonyl (C=O) groups excluding carboxylic acids is 1. The van der Waals surface area contributed by atoms with Crippen molar-refractivity contribution >= 4 is 38.9 Å². The molecule has 0 aromatic heterocycles. The van der Waals surface area contributed by atoms with E-state index in [2.05, 4.69) is 5.32 Å². The van der Waals surface area contributed by atoms with Crippen LogP contribution in [-0.2, 0) is 14.8 Å². The Morgan fingerprint density at radius 3 is 2.36 bits per heavy atom. The lowest BCUT2D eigenvalue weighted by atomic mass is 10.2. The number of halogens is 3. The fraction of sp³-hybridized carbons (Fsp3) is 0.188. The largest absolute Gasteiger partial charge is 0.324 e. The van der Waals surface area contributed by atoms with Gasteiger partial charge in [-0.2, -0.15) is 0 Å². The van der Waals surface area contributed by atoms with Crippen molar-refractivity contribution in [2.24, 2.45) is 0 Å². The number of nitrogens with one attached hydrogen (secondary N) is 1. The first-order valence-corrected chi connectivity index (χ1v) is 9.30. The van der Waals surface area contributed by atoms with Crippen molar-refractivity contribution in [3.05, 3.63) is 58.6 Å². The molecule has 1 N–H and O–H groups in total. The summed E-state index contributed by atoms with van der Waals surface area (Å²) in [6.45, 7) is 0.930. The van der Waals surface area contributed by atoms with Crippen molar-refractivity contribution in [3.8, 4) is 0 Å². The molecule has 0 radical (unpaired) electrons. The fourth-order valence-electron chi connectivity index (χ4n) is 2.14. The van der Waals surface area contributed by atoms with E-state index in [9.17, 15) is 22.0 Å². The van der Waals surface area contributed by atoms with Crippen LogP contribution in [0.3, 0.4) is 0 Å². The maximum absolute atomic E-state index is 13.9. The molecule has 0 heterocycles. The Morgan fingerprint density at radius 1 is 1.20 bits per heavy atom. The highest BCUT2D eigenvalue weighted by Gasteiger charge is 2.26. The second-order valence-electron chi connectivity index (χ2n) is 5.35. The first-order valence-electron chi connectivity index (χ1n) is 7.07. The predicted octanol–water partition coefficient (Wildman–Crippen LogP) is 3.33. The predicted molar refractivity (Wildman–Crippen MR) is 93.4 cm³/mol. The van der Waals surface area contributed by atoms with Crippen LogP contribution in [0.5, 0.6) is 0 Å². The number of carbonyl (C=O) groups is 1. The van der Waals surface area contributed by atoms with Gasteiger partial charge >= 0.3 is 0 Å². The second-order valence-corrected chi connectivity index (χ2v) is 7.69. The molecule has 0 saturated carbocycles. The molecule has 0 unspecified atom stereocenters. The number of hydrogen-bond acceptors (Lipinski definition) is 3. The van der Waals surface area contributed by atoms with Crippen molar-refractivity contribution in [2.45, 2.75) is 6.92 Å². The molecule has 25 heavy (non-hydrogen) atoms. The van der Waals surface area contributed by atoms with Crippen LogP contribution in [0.25, 0.3) is 0 Å². The summed E-state index contributed by atoms with van der Waals surface area (Å²) in [6.07, 6.45) is 0.761. The topological polar surface area (TPSA) is 66.5 Å². The molecule has 2 rings (SSSR count). The number of benzene rings is 2. The third kappa shape index (κ3) is 4.67. The van der Waals surface area contributed by atoms with E-state index in [1.807, 2.05) is 0 Å². The van der Waals surface area contributed by atoms with Gasteiger partial charge in [-0.15, -0.1) is 0 Å². The fourth-order valence-corrected chi connectivity index (χ4v) is 3.17. The smallest absolute Gasteiger partial charge is 0.245 e. The van der Waals surface area contributed by atoms with Gasteiger partial charge in [-0.1, -0.05) is 23.7 Å². The van der Waals surface area contributed by atoms with Crippen molar-refractivity contribution in [1.29, 1.82) is 0 Å². The van der Waals surface area contributed by atoms with E-state index >= 15 is 0 Å². The van der Waals surface area contributed by atoms with Crippen LogP contribution in [-0.4, -0.2) is 27.1 Å². The summed E-state index contributed by atoms with van der Waals surface area (Å²) in [5.74, 6) is -2.94. The van der Waals surface area contributed by atoms with Crippen LogP contribution in [0, 0.1) is 18.6 Å². The normalized spacial score (nSPS) is 11.2.